The predicted molar refractivity (Wildman–Crippen MR) is 109 cm³/mol. The number of carbonyl (C=O) groups excluding carboxylic acids is 3. The second-order valence-electron chi connectivity index (χ2n) is 7.31. The van der Waals surface area contributed by atoms with Crippen molar-refractivity contribution in [3.63, 3.8) is 0 Å². The first-order valence-corrected chi connectivity index (χ1v) is 9.34. The van der Waals surface area contributed by atoms with E-state index in [9.17, 15) is 14.4 Å². The van der Waals surface area contributed by atoms with Crippen molar-refractivity contribution in [1.82, 2.24) is 0 Å². The number of para-hydroxylation sites is 2. The van der Waals surface area contributed by atoms with Gasteiger partial charge in [-0.05, 0) is 49.8 Å². The summed E-state index contributed by atoms with van der Waals surface area (Å²) in [5.41, 5.74) is 0.689. The summed E-state index contributed by atoms with van der Waals surface area (Å²) in [6, 6.07) is 12.2. The van der Waals surface area contributed by atoms with Crippen LogP contribution < -0.4 is 19.7 Å². The molecule has 8 heteroatoms. The maximum Gasteiger partial charge on any atom is 0.331 e. The van der Waals surface area contributed by atoms with Crippen LogP contribution in [-0.2, 0) is 19.1 Å². The minimum absolute atomic E-state index is 0.167. The Morgan fingerprint density at radius 1 is 1.17 bits per heavy atom. The highest BCUT2D eigenvalue weighted by molar-refractivity contribution is 6.14. The van der Waals surface area contributed by atoms with Crippen LogP contribution in [0.1, 0.15) is 19.4 Å². The molecule has 0 atom stereocenters. The number of anilines is 2. The predicted octanol–water partition coefficient (Wildman–Crippen LogP) is 2.74. The number of nitrogens with zero attached hydrogens (tertiary/aromatic N) is 1. The van der Waals surface area contributed by atoms with Crippen LogP contribution in [0.2, 0.25) is 0 Å². The summed E-state index contributed by atoms with van der Waals surface area (Å²) in [6.45, 7) is 2.95. The Balaban J connectivity index is 1.42. The number of carbonyl (C=O) groups is 3. The second-order valence-corrected chi connectivity index (χ2v) is 7.31. The largest absolute Gasteiger partial charge is 0.454 e. The fraction of sp³-hybridized carbons (Fsp3) is 0.227. The zero-order valence-corrected chi connectivity index (χ0v) is 16.5. The molecule has 0 saturated heterocycles. The molecule has 2 aromatic rings. The molecule has 2 aliphatic rings. The standard InChI is InChI=1S/C22H20N2O6/c1-22(2)21(27)23-15-5-3-4-6-16(15)24(22)19(25)12-28-20(26)10-8-14-7-9-17-18(11-14)30-13-29-17/h3-11H,12-13H2,1-2H3,(H,23,27). The molecule has 2 heterocycles. The van der Waals surface area contributed by atoms with Crippen molar-refractivity contribution in [2.75, 3.05) is 23.6 Å². The lowest BCUT2D eigenvalue weighted by Crippen LogP contribution is -2.59. The Hall–Kier alpha value is -3.81. The summed E-state index contributed by atoms with van der Waals surface area (Å²) in [5, 5.41) is 2.79. The molecule has 30 heavy (non-hydrogen) atoms. The Bertz CT molecular complexity index is 1060. The van der Waals surface area contributed by atoms with Crippen molar-refractivity contribution in [3.8, 4) is 11.5 Å². The number of amides is 2. The maximum atomic E-state index is 12.8. The van der Waals surface area contributed by atoms with Crippen LogP contribution in [0.3, 0.4) is 0 Å². The Labute approximate surface area is 173 Å². The van der Waals surface area contributed by atoms with Crippen LogP contribution in [0.15, 0.2) is 48.5 Å². The average molecular weight is 408 g/mol. The highest BCUT2D eigenvalue weighted by atomic mass is 16.7. The SMILES string of the molecule is CC1(C)C(=O)Nc2ccccc2N1C(=O)COC(=O)C=Cc1ccc2c(c1)OCO2. The Morgan fingerprint density at radius 3 is 2.77 bits per heavy atom. The van der Waals surface area contributed by atoms with Crippen molar-refractivity contribution in [2.45, 2.75) is 19.4 Å². The fourth-order valence-corrected chi connectivity index (χ4v) is 3.32. The van der Waals surface area contributed by atoms with Crippen molar-refractivity contribution in [2.24, 2.45) is 0 Å². The first-order chi connectivity index (χ1) is 14.4. The molecule has 0 aliphatic carbocycles. The van der Waals surface area contributed by atoms with Gasteiger partial charge in [0, 0.05) is 6.08 Å². The van der Waals surface area contributed by atoms with Crippen LogP contribution in [0.5, 0.6) is 11.5 Å². The Morgan fingerprint density at radius 2 is 1.93 bits per heavy atom. The molecule has 2 amide bonds. The molecule has 1 N–H and O–H groups in total. The molecule has 4 rings (SSSR count). The molecule has 0 aromatic heterocycles. The number of rotatable bonds is 4. The van der Waals surface area contributed by atoms with Gasteiger partial charge in [0.1, 0.15) is 5.54 Å². The molecule has 0 bridgehead atoms. The van der Waals surface area contributed by atoms with Gasteiger partial charge >= 0.3 is 5.97 Å². The van der Waals surface area contributed by atoms with E-state index in [-0.39, 0.29) is 12.7 Å². The summed E-state index contributed by atoms with van der Waals surface area (Å²) in [7, 11) is 0. The molecule has 0 saturated carbocycles. The first-order valence-electron chi connectivity index (χ1n) is 9.34. The van der Waals surface area contributed by atoms with Crippen molar-refractivity contribution < 1.29 is 28.6 Å². The monoisotopic (exact) mass is 408 g/mol. The zero-order chi connectivity index (χ0) is 21.3. The lowest BCUT2D eigenvalue weighted by molar-refractivity contribution is -0.143. The molecule has 0 radical (unpaired) electrons. The molecule has 2 aliphatic heterocycles. The van der Waals surface area contributed by atoms with Crippen LogP contribution in [0, 0.1) is 0 Å². The van der Waals surface area contributed by atoms with Gasteiger partial charge in [-0.25, -0.2) is 4.79 Å². The molecule has 0 fully saturated rings. The zero-order valence-electron chi connectivity index (χ0n) is 16.5. The van der Waals surface area contributed by atoms with E-state index in [1.165, 1.54) is 11.0 Å². The van der Waals surface area contributed by atoms with E-state index in [1.54, 1.807) is 62.4 Å². The van der Waals surface area contributed by atoms with Gasteiger partial charge in [0.25, 0.3) is 5.91 Å². The number of fused-ring (bicyclic) bond motifs is 2. The maximum absolute atomic E-state index is 12.8. The van der Waals surface area contributed by atoms with Gasteiger partial charge in [0.2, 0.25) is 12.7 Å². The molecule has 0 unspecified atom stereocenters. The smallest absolute Gasteiger partial charge is 0.331 e. The summed E-state index contributed by atoms with van der Waals surface area (Å²) in [4.78, 5) is 38.7. The van der Waals surface area contributed by atoms with E-state index >= 15 is 0 Å². The summed E-state index contributed by atoms with van der Waals surface area (Å²) < 4.78 is 15.6. The highest BCUT2D eigenvalue weighted by Gasteiger charge is 2.43. The van der Waals surface area contributed by atoms with Crippen LogP contribution in [0.4, 0.5) is 11.4 Å². The molecule has 8 nitrogen and oxygen atoms in total. The minimum atomic E-state index is -1.12. The van der Waals surface area contributed by atoms with Gasteiger partial charge in [0.05, 0.1) is 11.4 Å². The fourth-order valence-electron chi connectivity index (χ4n) is 3.32. The van der Waals surface area contributed by atoms with Crippen molar-refractivity contribution >= 4 is 35.2 Å². The Kier molecular flexibility index (Phi) is 4.91. The summed E-state index contributed by atoms with van der Waals surface area (Å²) in [6.07, 6.45) is 2.79. The molecular weight excluding hydrogens is 388 g/mol. The number of hydrogen-bond acceptors (Lipinski definition) is 6. The second kappa shape index (κ2) is 7.55. The average Bonchev–Trinajstić information content (AvgIpc) is 3.19. The molecule has 2 aromatic carbocycles. The van der Waals surface area contributed by atoms with E-state index in [4.69, 9.17) is 14.2 Å². The molecular formula is C22H20N2O6. The topological polar surface area (TPSA) is 94.2 Å². The lowest BCUT2D eigenvalue weighted by Gasteiger charge is -2.41. The van der Waals surface area contributed by atoms with E-state index in [1.807, 2.05) is 0 Å². The number of ether oxygens (including phenoxy) is 3. The minimum Gasteiger partial charge on any atom is -0.454 e. The van der Waals surface area contributed by atoms with Crippen molar-refractivity contribution in [1.29, 1.82) is 0 Å². The lowest BCUT2D eigenvalue weighted by atomic mass is 9.96. The number of hydrogen-bond donors (Lipinski definition) is 1. The highest BCUT2D eigenvalue weighted by Crippen LogP contribution is 2.36. The first kappa shape index (κ1) is 19.5. The van der Waals surface area contributed by atoms with Gasteiger partial charge < -0.3 is 19.5 Å². The number of esters is 1. The van der Waals surface area contributed by atoms with Gasteiger partial charge in [-0.1, -0.05) is 18.2 Å². The third-order valence-electron chi connectivity index (χ3n) is 4.90. The number of benzene rings is 2. The van der Waals surface area contributed by atoms with E-state index in [2.05, 4.69) is 5.32 Å². The molecule has 154 valence electrons. The van der Waals surface area contributed by atoms with Crippen LogP contribution in [0.25, 0.3) is 6.08 Å². The summed E-state index contributed by atoms with van der Waals surface area (Å²) >= 11 is 0. The third kappa shape index (κ3) is 3.59. The van der Waals surface area contributed by atoms with Gasteiger partial charge in [0.15, 0.2) is 18.1 Å². The van der Waals surface area contributed by atoms with Crippen LogP contribution >= 0.6 is 0 Å². The van der Waals surface area contributed by atoms with E-state index in [0.29, 0.717) is 22.9 Å². The van der Waals surface area contributed by atoms with E-state index in [0.717, 1.165) is 5.56 Å². The van der Waals surface area contributed by atoms with Gasteiger partial charge in [-0.2, -0.15) is 0 Å². The normalized spacial score (nSPS) is 16.2. The quantitative estimate of drug-likeness (QED) is 0.618. The van der Waals surface area contributed by atoms with E-state index < -0.39 is 24.0 Å². The van der Waals surface area contributed by atoms with Gasteiger partial charge in [-0.15, -0.1) is 0 Å². The van der Waals surface area contributed by atoms with Crippen LogP contribution in [-0.4, -0.2) is 36.7 Å². The summed E-state index contributed by atoms with van der Waals surface area (Å²) in [5.74, 6) is -0.233. The van der Waals surface area contributed by atoms with Crippen molar-refractivity contribution in [3.05, 3.63) is 54.1 Å². The third-order valence-corrected chi connectivity index (χ3v) is 4.90. The molecule has 0 spiro atoms. The number of nitrogens with one attached hydrogen (secondary N) is 1. The van der Waals surface area contributed by atoms with Gasteiger partial charge in [-0.3, -0.25) is 14.5 Å².